The molecule has 0 spiro atoms. The zero-order valence-corrected chi connectivity index (χ0v) is 10.4. The largest absolute Gasteiger partial charge is 0.390 e. The molecule has 0 saturated carbocycles. The predicted octanol–water partition coefficient (Wildman–Crippen LogP) is 0.990. The maximum absolute atomic E-state index is 9.88. The number of aliphatic hydroxyl groups is 1. The van der Waals surface area contributed by atoms with E-state index in [1.165, 1.54) is 0 Å². The number of aliphatic hydroxyl groups excluding tert-OH is 1. The zero-order valence-electron chi connectivity index (χ0n) is 10.4. The summed E-state index contributed by atoms with van der Waals surface area (Å²) in [4.78, 5) is 4.08. The Labute approximate surface area is 106 Å². The number of nitrogens with one attached hydrogen (secondary N) is 1. The van der Waals surface area contributed by atoms with E-state index in [0.29, 0.717) is 13.1 Å². The van der Waals surface area contributed by atoms with Gasteiger partial charge in [-0.05, 0) is 24.6 Å². The second-order valence-electron chi connectivity index (χ2n) is 4.30. The Hall–Kier alpha value is -1.72. The molecule has 0 fully saturated rings. The van der Waals surface area contributed by atoms with E-state index in [9.17, 15) is 5.11 Å². The van der Waals surface area contributed by atoms with Crippen molar-refractivity contribution in [3.63, 3.8) is 0 Å². The number of hydrogen-bond donors (Lipinski definition) is 2. The van der Waals surface area contributed by atoms with Gasteiger partial charge in [-0.3, -0.25) is 9.67 Å². The van der Waals surface area contributed by atoms with Gasteiger partial charge in [0.25, 0.3) is 0 Å². The Morgan fingerprint density at radius 1 is 1.39 bits per heavy atom. The molecule has 0 aliphatic rings. The molecule has 0 aliphatic carbocycles. The highest BCUT2D eigenvalue weighted by molar-refractivity contribution is 5.12. The van der Waals surface area contributed by atoms with Crippen LogP contribution in [0, 0.1) is 0 Å². The summed E-state index contributed by atoms with van der Waals surface area (Å²) < 4.78 is 1.72. The fraction of sp³-hybridized carbons (Fsp3) is 0.385. The van der Waals surface area contributed by atoms with Crippen LogP contribution >= 0.6 is 0 Å². The van der Waals surface area contributed by atoms with Crippen molar-refractivity contribution in [2.24, 2.45) is 0 Å². The van der Waals surface area contributed by atoms with Crippen molar-refractivity contribution in [2.45, 2.75) is 25.6 Å². The molecule has 0 amide bonds. The van der Waals surface area contributed by atoms with Gasteiger partial charge in [0, 0.05) is 37.4 Å². The lowest BCUT2D eigenvalue weighted by Crippen LogP contribution is -2.32. The number of pyridine rings is 1. The molecular formula is C13H18N4O. The molecule has 2 heterocycles. The summed E-state index contributed by atoms with van der Waals surface area (Å²) in [6.45, 7) is 3.08. The monoisotopic (exact) mass is 246 g/mol. The van der Waals surface area contributed by atoms with Crippen LogP contribution in [0.15, 0.2) is 43.0 Å². The molecule has 0 radical (unpaired) electrons. The summed E-state index contributed by atoms with van der Waals surface area (Å²) >= 11 is 0. The van der Waals surface area contributed by atoms with E-state index in [4.69, 9.17) is 0 Å². The van der Waals surface area contributed by atoms with E-state index in [-0.39, 0.29) is 6.04 Å². The Kier molecular flexibility index (Phi) is 4.44. The van der Waals surface area contributed by atoms with Gasteiger partial charge in [-0.1, -0.05) is 6.07 Å². The van der Waals surface area contributed by atoms with Crippen molar-refractivity contribution in [3.05, 3.63) is 48.5 Å². The van der Waals surface area contributed by atoms with Gasteiger partial charge in [-0.25, -0.2) is 0 Å². The van der Waals surface area contributed by atoms with Crippen LogP contribution in [0.3, 0.4) is 0 Å². The van der Waals surface area contributed by atoms with Crippen LogP contribution in [0.4, 0.5) is 0 Å². The Morgan fingerprint density at radius 3 is 2.94 bits per heavy atom. The third-order valence-corrected chi connectivity index (χ3v) is 2.80. The van der Waals surface area contributed by atoms with Gasteiger partial charge in [0.1, 0.15) is 0 Å². The molecular weight excluding hydrogens is 228 g/mol. The normalized spacial score (nSPS) is 14.3. The lowest BCUT2D eigenvalue weighted by atomic mass is 10.1. The van der Waals surface area contributed by atoms with Crippen LogP contribution in [0.5, 0.6) is 0 Å². The van der Waals surface area contributed by atoms with Gasteiger partial charge in [-0.2, -0.15) is 5.10 Å². The van der Waals surface area contributed by atoms with Crippen LogP contribution in [-0.2, 0) is 6.54 Å². The minimum Gasteiger partial charge on any atom is -0.390 e. The molecule has 5 heteroatoms. The summed E-state index contributed by atoms with van der Waals surface area (Å²) in [6.07, 6.45) is 6.68. The third-order valence-electron chi connectivity index (χ3n) is 2.80. The van der Waals surface area contributed by atoms with E-state index in [1.807, 2.05) is 30.6 Å². The second-order valence-corrected chi connectivity index (χ2v) is 4.30. The lowest BCUT2D eigenvalue weighted by Gasteiger charge is -2.17. The Balaban J connectivity index is 1.77. The van der Waals surface area contributed by atoms with E-state index in [1.54, 1.807) is 17.1 Å². The fourth-order valence-corrected chi connectivity index (χ4v) is 1.75. The van der Waals surface area contributed by atoms with Crippen molar-refractivity contribution >= 4 is 0 Å². The molecule has 0 aromatic carbocycles. The highest BCUT2D eigenvalue weighted by atomic mass is 16.3. The fourth-order valence-electron chi connectivity index (χ4n) is 1.75. The lowest BCUT2D eigenvalue weighted by molar-refractivity contribution is 0.143. The predicted molar refractivity (Wildman–Crippen MR) is 68.9 cm³/mol. The number of hydrogen-bond acceptors (Lipinski definition) is 4. The van der Waals surface area contributed by atoms with Crippen LogP contribution in [0.1, 0.15) is 18.5 Å². The van der Waals surface area contributed by atoms with E-state index in [2.05, 4.69) is 22.3 Å². The van der Waals surface area contributed by atoms with Crippen LogP contribution in [0.25, 0.3) is 0 Å². The summed E-state index contributed by atoms with van der Waals surface area (Å²) in [5, 5.41) is 17.2. The topological polar surface area (TPSA) is 63.0 Å². The van der Waals surface area contributed by atoms with E-state index in [0.717, 1.165) is 5.56 Å². The smallest absolute Gasteiger partial charge is 0.0860 e. The molecule has 2 unspecified atom stereocenters. The summed E-state index contributed by atoms with van der Waals surface area (Å²) in [5.74, 6) is 0. The zero-order chi connectivity index (χ0) is 12.8. The highest BCUT2D eigenvalue weighted by Gasteiger charge is 2.09. The van der Waals surface area contributed by atoms with Crippen molar-refractivity contribution in [1.82, 2.24) is 20.1 Å². The number of rotatable bonds is 6. The molecule has 18 heavy (non-hydrogen) atoms. The standard InChI is InChI=1S/C13H18N4O/c1-11(12-4-2-5-14-8-12)15-9-13(18)10-17-7-3-6-16-17/h2-8,11,13,15,18H,9-10H2,1H3. The minimum absolute atomic E-state index is 0.172. The molecule has 0 saturated heterocycles. The quantitative estimate of drug-likeness (QED) is 0.798. The Morgan fingerprint density at radius 2 is 2.28 bits per heavy atom. The van der Waals surface area contributed by atoms with Gasteiger partial charge in [-0.15, -0.1) is 0 Å². The molecule has 2 rings (SSSR count). The van der Waals surface area contributed by atoms with Crippen molar-refractivity contribution in [2.75, 3.05) is 6.54 Å². The highest BCUT2D eigenvalue weighted by Crippen LogP contribution is 2.09. The first-order chi connectivity index (χ1) is 8.75. The van der Waals surface area contributed by atoms with Gasteiger partial charge in [0.2, 0.25) is 0 Å². The van der Waals surface area contributed by atoms with E-state index >= 15 is 0 Å². The van der Waals surface area contributed by atoms with Gasteiger partial charge in [0.05, 0.1) is 12.6 Å². The van der Waals surface area contributed by atoms with Crippen LogP contribution < -0.4 is 5.32 Å². The Bertz CT molecular complexity index is 443. The molecule has 2 N–H and O–H groups in total. The minimum atomic E-state index is -0.455. The second kappa shape index (κ2) is 6.28. The molecule has 5 nitrogen and oxygen atoms in total. The molecule has 2 aromatic rings. The molecule has 0 aliphatic heterocycles. The maximum atomic E-state index is 9.88. The van der Waals surface area contributed by atoms with Gasteiger partial charge < -0.3 is 10.4 Å². The third kappa shape index (κ3) is 3.65. The first-order valence-electron chi connectivity index (χ1n) is 6.04. The summed E-state index contributed by atoms with van der Waals surface area (Å²) in [6, 6.07) is 5.95. The SMILES string of the molecule is CC(NCC(O)Cn1cccn1)c1cccnc1. The summed E-state index contributed by atoms with van der Waals surface area (Å²) in [5.41, 5.74) is 1.11. The van der Waals surface area contributed by atoms with Crippen molar-refractivity contribution in [1.29, 1.82) is 0 Å². The van der Waals surface area contributed by atoms with Gasteiger partial charge >= 0.3 is 0 Å². The maximum Gasteiger partial charge on any atom is 0.0860 e. The van der Waals surface area contributed by atoms with Crippen molar-refractivity contribution in [3.8, 4) is 0 Å². The average molecular weight is 246 g/mol. The van der Waals surface area contributed by atoms with Gasteiger partial charge in [0.15, 0.2) is 0 Å². The summed E-state index contributed by atoms with van der Waals surface area (Å²) in [7, 11) is 0. The molecule has 96 valence electrons. The van der Waals surface area contributed by atoms with Crippen LogP contribution in [0.2, 0.25) is 0 Å². The average Bonchev–Trinajstić information content (AvgIpc) is 2.90. The first-order valence-corrected chi connectivity index (χ1v) is 6.04. The molecule has 2 atom stereocenters. The first kappa shape index (κ1) is 12.7. The van der Waals surface area contributed by atoms with E-state index < -0.39 is 6.10 Å². The van der Waals surface area contributed by atoms with Crippen LogP contribution in [-0.4, -0.2) is 32.5 Å². The number of nitrogens with zero attached hydrogens (tertiary/aromatic N) is 3. The molecule has 2 aromatic heterocycles. The molecule has 0 bridgehead atoms. The number of aromatic nitrogens is 3. The van der Waals surface area contributed by atoms with Crippen molar-refractivity contribution < 1.29 is 5.11 Å².